The summed E-state index contributed by atoms with van der Waals surface area (Å²) in [7, 11) is 0. The van der Waals surface area contributed by atoms with E-state index in [1.807, 2.05) is 0 Å². The fourth-order valence-electron chi connectivity index (χ4n) is 3.78. The predicted octanol–water partition coefficient (Wildman–Crippen LogP) is 3.25. The molecular weight excluding hydrogens is 290 g/mol. The van der Waals surface area contributed by atoms with E-state index in [0.717, 1.165) is 38.0 Å². The molecule has 0 aromatic carbocycles. The molecule has 2 saturated carbocycles. The molecule has 0 bridgehead atoms. The van der Waals surface area contributed by atoms with Crippen LogP contribution in [0.5, 0.6) is 5.88 Å². The van der Waals surface area contributed by atoms with Gasteiger partial charge in [0, 0.05) is 24.9 Å². The third-order valence-electron chi connectivity index (χ3n) is 5.12. The number of aromatic nitrogens is 2. The van der Waals surface area contributed by atoms with Crippen LogP contribution in [0.3, 0.4) is 0 Å². The maximum absolute atomic E-state index is 12.1. The van der Waals surface area contributed by atoms with E-state index < -0.39 is 0 Å². The summed E-state index contributed by atoms with van der Waals surface area (Å²) in [5, 5.41) is 3.20. The zero-order valence-electron chi connectivity index (χ0n) is 13.7. The van der Waals surface area contributed by atoms with Gasteiger partial charge in [0.15, 0.2) is 0 Å². The van der Waals surface area contributed by atoms with Crippen LogP contribution >= 0.6 is 0 Å². The zero-order valence-corrected chi connectivity index (χ0v) is 13.7. The van der Waals surface area contributed by atoms with Gasteiger partial charge in [-0.3, -0.25) is 9.78 Å². The van der Waals surface area contributed by atoms with Crippen LogP contribution in [0.1, 0.15) is 64.2 Å². The van der Waals surface area contributed by atoms with Gasteiger partial charge in [-0.05, 0) is 38.0 Å². The first-order valence-electron chi connectivity index (χ1n) is 9.01. The summed E-state index contributed by atoms with van der Waals surface area (Å²) in [6.45, 7) is 0. The SMILES string of the molecule is O=C(CCC1CCCC1)NC1CCC(Oc2cnccn2)CC1. The number of carbonyl (C=O) groups excluding carboxylic acids is 1. The highest BCUT2D eigenvalue weighted by Crippen LogP contribution is 2.28. The van der Waals surface area contributed by atoms with Gasteiger partial charge < -0.3 is 10.1 Å². The third kappa shape index (κ3) is 5.19. The molecule has 0 unspecified atom stereocenters. The first-order valence-corrected chi connectivity index (χ1v) is 9.01. The van der Waals surface area contributed by atoms with Crippen LogP contribution in [-0.4, -0.2) is 28.0 Å². The molecule has 23 heavy (non-hydrogen) atoms. The number of carbonyl (C=O) groups is 1. The molecule has 0 atom stereocenters. The van der Waals surface area contributed by atoms with E-state index in [-0.39, 0.29) is 12.0 Å². The highest BCUT2D eigenvalue weighted by molar-refractivity contribution is 5.76. The molecule has 2 fully saturated rings. The fraction of sp³-hybridized carbons (Fsp3) is 0.722. The summed E-state index contributed by atoms with van der Waals surface area (Å²) >= 11 is 0. The molecular formula is C18H27N3O2. The van der Waals surface area contributed by atoms with E-state index in [1.165, 1.54) is 25.7 Å². The number of hydrogen-bond donors (Lipinski definition) is 1. The van der Waals surface area contributed by atoms with E-state index in [1.54, 1.807) is 18.6 Å². The molecule has 1 amide bonds. The molecule has 1 aromatic rings. The van der Waals surface area contributed by atoms with Gasteiger partial charge in [-0.15, -0.1) is 0 Å². The minimum atomic E-state index is 0.193. The van der Waals surface area contributed by atoms with Crippen molar-refractivity contribution in [3.05, 3.63) is 18.6 Å². The molecule has 2 aliphatic rings. The molecule has 0 radical (unpaired) electrons. The summed E-state index contributed by atoms with van der Waals surface area (Å²) in [5.74, 6) is 1.61. The molecule has 126 valence electrons. The van der Waals surface area contributed by atoms with E-state index in [2.05, 4.69) is 15.3 Å². The molecule has 1 N–H and O–H groups in total. The summed E-state index contributed by atoms with van der Waals surface area (Å²) in [6, 6.07) is 0.313. The number of rotatable bonds is 6. The van der Waals surface area contributed by atoms with Crippen molar-refractivity contribution in [2.45, 2.75) is 76.4 Å². The second-order valence-electron chi connectivity index (χ2n) is 6.89. The van der Waals surface area contributed by atoms with Crippen LogP contribution in [0, 0.1) is 5.92 Å². The minimum Gasteiger partial charge on any atom is -0.473 e. The highest BCUT2D eigenvalue weighted by atomic mass is 16.5. The first kappa shape index (κ1) is 16.2. The van der Waals surface area contributed by atoms with Gasteiger partial charge in [0.25, 0.3) is 0 Å². The van der Waals surface area contributed by atoms with Crippen molar-refractivity contribution in [3.63, 3.8) is 0 Å². The molecule has 3 rings (SSSR count). The number of hydrogen-bond acceptors (Lipinski definition) is 4. The normalized spacial score (nSPS) is 25.2. The molecule has 0 aliphatic heterocycles. The summed E-state index contributed by atoms with van der Waals surface area (Å²) in [6.07, 6.45) is 16.1. The summed E-state index contributed by atoms with van der Waals surface area (Å²) in [5.41, 5.74) is 0. The first-order chi connectivity index (χ1) is 11.3. The van der Waals surface area contributed by atoms with Gasteiger partial charge >= 0.3 is 0 Å². The van der Waals surface area contributed by atoms with Crippen LogP contribution in [0.15, 0.2) is 18.6 Å². The Morgan fingerprint density at radius 3 is 2.61 bits per heavy atom. The van der Waals surface area contributed by atoms with Gasteiger partial charge in [0.1, 0.15) is 6.10 Å². The van der Waals surface area contributed by atoms with Crippen LogP contribution in [0.2, 0.25) is 0 Å². The highest BCUT2D eigenvalue weighted by Gasteiger charge is 2.24. The van der Waals surface area contributed by atoms with Crippen molar-refractivity contribution < 1.29 is 9.53 Å². The van der Waals surface area contributed by atoms with Gasteiger partial charge in [-0.1, -0.05) is 25.7 Å². The third-order valence-corrected chi connectivity index (χ3v) is 5.12. The maximum atomic E-state index is 12.1. The number of ether oxygens (including phenoxy) is 1. The van der Waals surface area contributed by atoms with Crippen molar-refractivity contribution in [1.82, 2.24) is 15.3 Å². The van der Waals surface area contributed by atoms with Gasteiger partial charge in [0.2, 0.25) is 11.8 Å². The quantitative estimate of drug-likeness (QED) is 0.874. The van der Waals surface area contributed by atoms with E-state index in [0.29, 0.717) is 18.3 Å². The Morgan fingerprint density at radius 1 is 1.13 bits per heavy atom. The summed E-state index contributed by atoms with van der Waals surface area (Å²) < 4.78 is 5.84. The molecule has 0 saturated heterocycles. The topological polar surface area (TPSA) is 64.1 Å². The lowest BCUT2D eigenvalue weighted by Crippen LogP contribution is -2.39. The van der Waals surface area contributed by atoms with Crippen molar-refractivity contribution in [1.29, 1.82) is 0 Å². The monoisotopic (exact) mass is 317 g/mol. The smallest absolute Gasteiger partial charge is 0.232 e. The van der Waals surface area contributed by atoms with E-state index in [9.17, 15) is 4.79 Å². The Hall–Kier alpha value is -1.65. The number of nitrogens with zero attached hydrogens (tertiary/aromatic N) is 2. The number of amides is 1. The average molecular weight is 317 g/mol. The number of nitrogens with one attached hydrogen (secondary N) is 1. The van der Waals surface area contributed by atoms with Crippen LogP contribution in [0.25, 0.3) is 0 Å². The summed E-state index contributed by atoms with van der Waals surface area (Å²) in [4.78, 5) is 20.2. The Bertz CT molecular complexity index is 480. The lowest BCUT2D eigenvalue weighted by molar-refractivity contribution is -0.122. The van der Waals surface area contributed by atoms with Crippen LogP contribution < -0.4 is 10.1 Å². The Morgan fingerprint density at radius 2 is 1.91 bits per heavy atom. The fourth-order valence-corrected chi connectivity index (χ4v) is 3.78. The Labute approximate surface area is 138 Å². The Kier molecular flexibility index (Phi) is 5.83. The maximum Gasteiger partial charge on any atom is 0.232 e. The lowest BCUT2D eigenvalue weighted by Gasteiger charge is -2.29. The molecule has 1 aromatic heterocycles. The van der Waals surface area contributed by atoms with Crippen molar-refractivity contribution in [3.8, 4) is 5.88 Å². The molecule has 5 heteroatoms. The van der Waals surface area contributed by atoms with Crippen LogP contribution in [-0.2, 0) is 4.79 Å². The minimum absolute atomic E-state index is 0.193. The van der Waals surface area contributed by atoms with Crippen molar-refractivity contribution in [2.75, 3.05) is 0 Å². The van der Waals surface area contributed by atoms with E-state index >= 15 is 0 Å². The van der Waals surface area contributed by atoms with Crippen molar-refractivity contribution >= 4 is 5.91 Å². The molecule has 2 aliphatic carbocycles. The van der Waals surface area contributed by atoms with Gasteiger partial charge in [-0.2, -0.15) is 0 Å². The van der Waals surface area contributed by atoms with Gasteiger partial charge in [-0.25, -0.2) is 4.98 Å². The molecule has 5 nitrogen and oxygen atoms in total. The van der Waals surface area contributed by atoms with Gasteiger partial charge in [0.05, 0.1) is 6.20 Å². The second kappa shape index (κ2) is 8.27. The lowest BCUT2D eigenvalue weighted by atomic mass is 9.92. The average Bonchev–Trinajstić information content (AvgIpc) is 3.09. The van der Waals surface area contributed by atoms with Crippen molar-refractivity contribution in [2.24, 2.45) is 5.92 Å². The largest absolute Gasteiger partial charge is 0.473 e. The van der Waals surface area contributed by atoms with E-state index in [4.69, 9.17) is 4.74 Å². The standard InChI is InChI=1S/C18H27N3O2/c22-17(10-5-14-3-1-2-4-14)21-15-6-8-16(9-7-15)23-18-13-19-11-12-20-18/h11-16H,1-10H2,(H,21,22). The Balaban J connectivity index is 1.33. The molecule has 1 heterocycles. The zero-order chi connectivity index (χ0) is 15.9. The van der Waals surface area contributed by atoms with Crippen LogP contribution in [0.4, 0.5) is 0 Å². The second-order valence-corrected chi connectivity index (χ2v) is 6.89. The predicted molar refractivity (Wildman–Crippen MR) is 88.0 cm³/mol. The molecule has 0 spiro atoms.